The minimum Gasteiger partial charge on any atom is -0.355 e. The fourth-order valence-electron chi connectivity index (χ4n) is 3.91. The number of rotatable bonds is 7. The molecule has 0 aliphatic heterocycles. The normalized spacial score (nSPS) is 15.1. The summed E-state index contributed by atoms with van der Waals surface area (Å²) in [5.74, 6) is 1.35. The minimum atomic E-state index is -0.430. The molecule has 1 aliphatic carbocycles. The Balaban J connectivity index is 1.85. The predicted molar refractivity (Wildman–Crippen MR) is 119 cm³/mol. The Labute approximate surface area is 180 Å². The molecule has 1 amide bonds. The van der Waals surface area contributed by atoms with Gasteiger partial charge in [0.25, 0.3) is 5.56 Å². The van der Waals surface area contributed by atoms with E-state index in [-0.39, 0.29) is 23.3 Å². The molecule has 2 aromatic rings. The van der Waals surface area contributed by atoms with Crippen molar-refractivity contribution in [2.24, 2.45) is 18.9 Å². The number of hydrogen-bond donors (Lipinski definition) is 1. The van der Waals surface area contributed by atoms with Gasteiger partial charge in [0.05, 0.1) is 5.75 Å². The maximum absolute atomic E-state index is 12.9. The van der Waals surface area contributed by atoms with Gasteiger partial charge in [-0.15, -0.1) is 0 Å². The van der Waals surface area contributed by atoms with Gasteiger partial charge in [0.15, 0.2) is 5.65 Å². The van der Waals surface area contributed by atoms with E-state index in [4.69, 9.17) is 0 Å². The molecule has 0 bridgehead atoms. The zero-order chi connectivity index (χ0) is 21.8. The van der Waals surface area contributed by atoms with Crippen molar-refractivity contribution in [3.63, 3.8) is 0 Å². The van der Waals surface area contributed by atoms with E-state index in [1.54, 1.807) is 6.92 Å². The van der Waals surface area contributed by atoms with Crippen molar-refractivity contribution < 1.29 is 4.79 Å². The average Bonchev–Trinajstić information content (AvgIpc) is 2.72. The highest BCUT2D eigenvalue weighted by atomic mass is 32.2. The molecule has 3 rings (SSSR count). The first-order valence-electron chi connectivity index (χ1n) is 10.7. The molecule has 9 heteroatoms. The molecule has 30 heavy (non-hydrogen) atoms. The van der Waals surface area contributed by atoms with Crippen LogP contribution in [0.1, 0.15) is 51.8 Å². The topological polar surface area (TPSA) is 98.9 Å². The van der Waals surface area contributed by atoms with Crippen LogP contribution in [0.25, 0.3) is 11.0 Å². The van der Waals surface area contributed by atoms with Crippen LogP contribution in [-0.2, 0) is 18.4 Å². The maximum atomic E-state index is 12.9. The number of hydrogen-bond acceptors (Lipinski definition) is 6. The molecule has 2 aromatic heterocycles. The Morgan fingerprint density at radius 2 is 1.90 bits per heavy atom. The Bertz CT molecular complexity index is 1040. The summed E-state index contributed by atoms with van der Waals surface area (Å²) in [4.78, 5) is 46.7. The number of carbonyl (C=O) groups excluding carboxylic acids is 1. The first kappa shape index (κ1) is 22.5. The van der Waals surface area contributed by atoms with Gasteiger partial charge in [-0.2, -0.15) is 0 Å². The lowest BCUT2D eigenvalue weighted by Gasteiger charge is -2.21. The number of thioether (sulfide) groups is 1. The van der Waals surface area contributed by atoms with E-state index >= 15 is 0 Å². The quantitative estimate of drug-likeness (QED) is 0.531. The van der Waals surface area contributed by atoms with Crippen molar-refractivity contribution in [1.82, 2.24) is 24.4 Å². The minimum absolute atomic E-state index is 0.0673. The van der Waals surface area contributed by atoms with Crippen molar-refractivity contribution >= 4 is 28.7 Å². The van der Waals surface area contributed by atoms with Gasteiger partial charge in [0.2, 0.25) is 5.91 Å². The van der Waals surface area contributed by atoms with E-state index in [0.717, 1.165) is 4.57 Å². The molecule has 0 unspecified atom stereocenters. The molecule has 8 nitrogen and oxygen atoms in total. The molecule has 0 saturated heterocycles. The molecule has 0 aromatic carbocycles. The van der Waals surface area contributed by atoms with Crippen molar-refractivity contribution in [2.75, 3.05) is 12.3 Å². The highest BCUT2D eigenvalue weighted by Gasteiger charge is 2.20. The maximum Gasteiger partial charge on any atom is 0.332 e. The third-order valence-electron chi connectivity index (χ3n) is 5.46. The van der Waals surface area contributed by atoms with Crippen LogP contribution in [0.3, 0.4) is 0 Å². The summed E-state index contributed by atoms with van der Waals surface area (Å²) in [6.07, 6.45) is 6.11. The smallest absolute Gasteiger partial charge is 0.332 e. The van der Waals surface area contributed by atoms with Crippen molar-refractivity contribution in [3.8, 4) is 0 Å². The first-order chi connectivity index (χ1) is 14.3. The van der Waals surface area contributed by atoms with Gasteiger partial charge >= 0.3 is 5.69 Å². The highest BCUT2D eigenvalue weighted by molar-refractivity contribution is 8.00. The van der Waals surface area contributed by atoms with Crippen molar-refractivity contribution in [1.29, 1.82) is 0 Å². The van der Waals surface area contributed by atoms with Gasteiger partial charge in [-0.05, 0) is 31.6 Å². The van der Waals surface area contributed by atoms with E-state index in [9.17, 15) is 14.4 Å². The van der Waals surface area contributed by atoms with E-state index in [0.29, 0.717) is 40.9 Å². The summed E-state index contributed by atoms with van der Waals surface area (Å²) in [5, 5.41) is 3.76. The molecule has 0 radical (unpaired) electrons. The summed E-state index contributed by atoms with van der Waals surface area (Å²) in [7, 11) is 1.46. The molecule has 1 aliphatic rings. The molecule has 2 heterocycles. The third-order valence-corrected chi connectivity index (χ3v) is 6.44. The SMILES string of the molecule is Cc1nc(SCC(=O)NCC2CCCCC2)c2c(=O)n(C)c(=O)n(CC(C)C)c2n1. The number of fused-ring (bicyclic) bond motifs is 1. The van der Waals surface area contributed by atoms with E-state index in [1.807, 2.05) is 13.8 Å². The molecule has 1 fully saturated rings. The zero-order valence-corrected chi connectivity index (χ0v) is 19.0. The molecular formula is C21H31N5O3S. The van der Waals surface area contributed by atoms with Gasteiger partial charge in [-0.25, -0.2) is 14.8 Å². The Morgan fingerprint density at radius 1 is 1.20 bits per heavy atom. The molecule has 0 atom stereocenters. The second-order valence-corrected chi connectivity index (χ2v) is 9.49. The number of aromatic nitrogens is 4. The second-order valence-electron chi connectivity index (χ2n) is 8.52. The Kier molecular flexibility index (Phi) is 7.33. The van der Waals surface area contributed by atoms with Crippen LogP contribution in [0, 0.1) is 18.8 Å². The molecular weight excluding hydrogens is 402 g/mol. The van der Waals surface area contributed by atoms with Gasteiger partial charge in [-0.3, -0.25) is 18.7 Å². The second kappa shape index (κ2) is 9.76. The summed E-state index contributed by atoms with van der Waals surface area (Å²) in [6.45, 7) is 6.90. The van der Waals surface area contributed by atoms with E-state index < -0.39 is 5.56 Å². The molecule has 1 saturated carbocycles. The number of carbonyl (C=O) groups is 1. The lowest BCUT2D eigenvalue weighted by Crippen LogP contribution is -2.39. The number of nitrogens with one attached hydrogen (secondary N) is 1. The fourth-order valence-corrected chi connectivity index (χ4v) is 4.80. The van der Waals surface area contributed by atoms with Crippen LogP contribution in [0.4, 0.5) is 0 Å². The van der Waals surface area contributed by atoms with Crippen LogP contribution in [0.5, 0.6) is 0 Å². The lowest BCUT2D eigenvalue weighted by molar-refractivity contribution is -0.118. The number of aryl methyl sites for hydroxylation is 1. The number of nitrogens with zero attached hydrogens (tertiary/aromatic N) is 4. The summed E-state index contributed by atoms with van der Waals surface area (Å²) in [6, 6.07) is 0. The molecule has 0 spiro atoms. The summed E-state index contributed by atoms with van der Waals surface area (Å²) < 4.78 is 2.62. The van der Waals surface area contributed by atoms with Crippen LogP contribution < -0.4 is 16.6 Å². The lowest BCUT2D eigenvalue weighted by atomic mass is 9.89. The Morgan fingerprint density at radius 3 is 2.57 bits per heavy atom. The summed E-state index contributed by atoms with van der Waals surface area (Å²) >= 11 is 1.22. The van der Waals surface area contributed by atoms with Gasteiger partial charge in [0, 0.05) is 20.1 Å². The van der Waals surface area contributed by atoms with Gasteiger partial charge in [0.1, 0.15) is 16.2 Å². The number of amides is 1. The van der Waals surface area contributed by atoms with Crippen LogP contribution in [0.2, 0.25) is 0 Å². The molecule has 1 N–H and O–H groups in total. The van der Waals surface area contributed by atoms with Crippen molar-refractivity contribution in [2.45, 2.75) is 64.4 Å². The first-order valence-corrected chi connectivity index (χ1v) is 11.6. The van der Waals surface area contributed by atoms with Crippen LogP contribution >= 0.6 is 11.8 Å². The average molecular weight is 434 g/mol. The fraction of sp³-hybridized carbons (Fsp3) is 0.667. The van der Waals surface area contributed by atoms with Gasteiger partial charge in [-0.1, -0.05) is 44.9 Å². The van der Waals surface area contributed by atoms with Gasteiger partial charge < -0.3 is 5.32 Å². The van der Waals surface area contributed by atoms with Crippen molar-refractivity contribution in [3.05, 3.63) is 26.7 Å². The summed E-state index contributed by atoms with van der Waals surface area (Å²) in [5.41, 5.74) is -0.477. The third kappa shape index (κ3) is 5.11. The highest BCUT2D eigenvalue weighted by Crippen LogP contribution is 2.24. The Hall–Kier alpha value is -2.16. The largest absolute Gasteiger partial charge is 0.355 e. The van der Waals surface area contributed by atoms with E-state index in [2.05, 4.69) is 15.3 Å². The van der Waals surface area contributed by atoms with E-state index in [1.165, 1.54) is 55.5 Å². The predicted octanol–water partition coefficient (Wildman–Crippen LogP) is 2.24. The molecule has 164 valence electrons. The van der Waals surface area contributed by atoms with Crippen LogP contribution in [-0.4, -0.2) is 37.3 Å². The monoisotopic (exact) mass is 433 g/mol. The zero-order valence-electron chi connectivity index (χ0n) is 18.2. The van der Waals surface area contributed by atoms with Crippen LogP contribution in [0.15, 0.2) is 14.6 Å². The standard InChI is InChI=1S/C21H31N5O3S/c1-13(2)11-26-18-17(20(28)25(4)21(26)29)19(24-14(3)23-18)30-12-16(27)22-10-15-8-6-5-7-9-15/h13,15H,5-12H2,1-4H3,(H,22,27).